The molecule has 0 aromatic carbocycles. The highest BCUT2D eigenvalue weighted by atomic mass is 32.2. The second-order valence-corrected chi connectivity index (χ2v) is 5.83. The Morgan fingerprint density at radius 2 is 2.11 bits per heavy atom. The standard InChI is InChI=1S/C12H20N4OS/c1-9(2)11-13-12(15-14-11)18-8-10(17)16-6-4-3-5-7-16/h9H,3-8H2,1-2H3,(H,13,14,15). The summed E-state index contributed by atoms with van der Waals surface area (Å²) in [4.78, 5) is 18.3. The largest absolute Gasteiger partial charge is 0.342 e. The molecular formula is C12H20N4OS. The first-order valence-corrected chi connectivity index (χ1v) is 7.48. The average molecular weight is 268 g/mol. The molecular weight excluding hydrogens is 248 g/mol. The summed E-state index contributed by atoms with van der Waals surface area (Å²) in [6.45, 7) is 5.94. The molecule has 1 aliphatic rings. The molecule has 1 amide bonds. The highest BCUT2D eigenvalue weighted by Gasteiger charge is 2.17. The molecule has 1 aromatic rings. The smallest absolute Gasteiger partial charge is 0.233 e. The molecule has 1 aromatic heterocycles. The number of nitrogens with zero attached hydrogens (tertiary/aromatic N) is 3. The first kappa shape index (κ1) is 13.4. The summed E-state index contributed by atoms with van der Waals surface area (Å²) in [6, 6.07) is 0. The van der Waals surface area contributed by atoms with E-state index in [1.54, 1.807) is 0 Å². The van der Waals surface area contributed by atoms with Gasteiger partial charge in [0.2, 0.25) is 11.1 Å². The van der Waals surface area contributed by atoms with Crippen LogP contribution >= 0.6 is 11.8 Å². The van der Waals surface area contributed by atoms with E-state index in [9.17, 15) is 4.79 Å². The van der Waals surface area contributed by atoms with Crippen LogP contribution in [0.3, 0.4) is 0 Å². The van der Waals surface area contributed by atoms with Gasteiger partial charge in [0.05, 0.1) is 5.75 Å². The third-order valence-corrected chi connectivity index (χ3v) is 3.89. The van der Waals surface area contributed by atoms with Crippen LogP contribution in [-0.4, -0.2) is 44.8 Å². The second-order valence-electron chi connectivity index (χ2n) is 4.89. The van der Waals surface area contributed by atoms with Crippen molar-refractivity contribution >= 4 is 17.7 Å². The molecule has 0 unspecified atom stereocenters. The number of amides is 1. The van der Waals surface area contributed by atoms with Gasteiger partial charge in [0.15, 0.2) is 0 Å². The summed E-state index contributed by atoms with van der Waals surface area (Å²) < 4.78 is 0. The highest BCUT2D eigenvalue weighted by molar-refractivity contribution is 7.99. The predicted molar refractivity (Wildman–Crippen MR) is 71.6 cm³/mol. The number of carbonyl (C=O) groups excluding carboxylic acids is 1. The lowest BCUT2D eigenvalue weighted by molar-refractivity contribution is -0.129. The number of hydrogen-bond donors (Lipinski definition) is 1. The molecule has 0 bridgehead atoms. The minimum Gasteiger partial charge on any atom is -0.342 e. The van der Waals surface area contributed by atoms with E-state index in [0.717, 1.165) is 31.8 Å². The lowest BCUT2D eigenvalue weighted by Gasteiger charge is -2.26. The van der Waals surface area contributed by atoms with Crippen molar-refractivity contribution in [2.45, 2.75) is 44.2 Å². The van der Waals surface area contributed by atoms with E-state index in [1.807, 2.05) is 4.90 Å². The molecule has 18 heavy (non-hydrogen) atoms. The number of piperidine rings is 1. The van der Waals surface area contributed by atoms with Crippen molar-refractivity contribution in [1.29, 1.82) is 0 Å². The van der Waals surface area contributed by atoms with E-state index in [1.165, 1.54) is 18.2 Å². The molecule has 5 nitrogen and oxygen atoms in total. The maximum Gasteiger partial charge on any atom is 0.233 e. The summed E-state index contributed by atoms with van der Waals surface area (Å²) in [5, 5.41) is 7.68. The third-order valence-electron chi connectivity index (χ3n) is 3.06. The number of hydrogen-bond acceptors (Lipinski definition) is 4. The van der Waals surface area contributed by atoms with Gasteiger partial charge in [0, 0.05) is 19.0 Å². The zero-order chi connectivity index (χ0) is 13.0. The first-order chi connectivity index (χ1) is 8.66. The van der Waals surface area contributed by atoms with Crippen LogP contribution in [0.2, 0.25) is 0 Å². The predicted octanol–water partition coefficient (Wildman–Crippen LogP) is 2.03. The Hall–Kier alpha value is -1.04. The quantitative estimate of drug-likeness (QED) is 0.849. The van der Waals surface area contributed by atoms with E-state index in [2.05, 4.69) is 29.0 Å². The van der Waals surface area contributed by atoms with E-state index in [0.29, 0.717) is 16.8 Å². The summed E-state index contributed by atoms with van der Waals surface area (Å²) in [6.07, 6.45) is 3.51. The number of nitrogens with one attached hydrogen (secondary N) is 1. The van der Waals surface area contributed by atoms with Crippen LogP contribution in [0.25, 0.3) is 0 Å². The van der Waals surface area contributed by atoms with Crippen molar-refractivity contribution in [3.05, 3.63) is 5.82 Å². The van der Waals surface area contributed by atoms with Crippen molar-refractivity contribution < 1.29 is 4.79 Å². The monoisotopic (exact) mass is 268 g/mol. The van der Waals surface area contributed by atoms with Crippen molar-refractivity contribution in [2.24, 2.45) is 0 Å². The van der Waals surface area contributed by atoms with E-state index in [-0.39, 0.29) is 5.91 Å². The zero-order valence-electron chi connectivity index (χ0n) is 11.0. The molecule has 0 spiro atoms. The van der Waals surface area contributed by atoms with Crippen molar-refractivity contribution in [3.63, 3.8) is 0 Å². The maximum absolute atomic E-state index is 12.0. The molecule has 2 heterocycles. The third kappa shape index (κ3) is 3.48. The zero-order valence-corrected chi connectivity index (χ0v) is 11.8. The van der Waals surface area contributed by atoms with Gasteiger partial charge >= 0.3 is 0 Å². The maximum atomic E-state index is 12.0. The van der Waals surface area contributed by atoms with Gasteiger partial charge in [-0.2, -0.15) is 0 Å². The molecule has 0 aliphatic carbocycles. The number of aromatic amines is 1. The van der Waals surface area contributed by atoms with Gasteiger partial charge < -0.3 is 4.90 Å². The number of H-pyrrole nitrogens is 1. The number of rotatable bonds is 4. The normalized spacial score (nSPS) is 16.3. The lowest BCUT2D eigenvalue weighted by atomic mass is 10.1. The van der Waals surface area contributed by atoms with Crippen LogP contribution in [0, 0.1) is 0 Å². The fraction of sp³-hybridized carbons (Fsp3) is 0.750. The minimum atomic E-state index is 0.204. The van der Waals surface area contributed by atoms with Crippen LogP contribution in [0.15, 0.2) is 5.16 Å². The van der Waals surface area contributed by atoms with Crippen LogP contribution in [0.5, 0.6) is 0 Å². The molecule has 1 fully saturated rings. The molecule has 1 saturated heterocycles. The van der Waals surface area contributed by atoms with Crippen LogP contribution < -0.4 is 0 Å². The molecule has 0 radical (unpaired) electrons. The summed E-state index contributed by atoms with van der Waals surface area (Å²) >= 11 is 1.42. The molecule has 1 aliphatic heterocycles. The number of thioether (sulfide) groups is 1. The van der Waals surface area contributed by atoms with E-state index < -0.39 is 0 Å². The Morgan fingerprint density at radius 1 is 1.39 bits per heavy atom. The number of likely N-dealkylation sites (tertiary alicyclic amines) is 1. The van der Waals surface area contributed by atoms with Gasteiger partial charge in [-0.25, -0.2) is 4.98 Å². The van der Waals surface area contributed by atoms with Crippen molar-refractivity contribution in [2.75, 3.05) is 18.8 Å². The van der Waals surface area contributed by atoms with Gasteiger partial charge in [-0.1, -0.05) is 25.6 Å². The van der Waals surface area contributed by atoms with Gasteiger partial charge in [0.25, 0.3) is 0 Å². The first-order valence-electron chi connectivity index (χ1n) is 6.49. The number of carbonyl (C=O) groups is 1. The minimum absolute atomic E-state index is 0.204. The Bertz CT molecular complexity index is 399. The van der Waals surface area contributed by atoms with Crippen LogP contribution in [0.1, 0.15) is 44.9 Å². The Morgan fingerprint density at radius 3 is 2.72 bits per heavy atom. The summed E-state index contributed by atoms with van der Waals surface area (Å²) in [7, 11) is 0. The Kier molecular flexibility index (Phi) is 4.63. The fourth-order valence-electron chi connectivity index (χ4n) is 1.94. The molecule has 0 saturated carbocycles. The Balaban J connectivity index is 1.81. The molecule has 1 N–H and O–H groups in total. The second kappa shape index (κ2) is 6.22. The molecule has 6 heteroatoms. The molecule has 0 atom stereocenters. The molecule has 100 valence electrons. The van der Waals surface area contributed by atoms with Gasteiger partial charge in [-0.05, 0) is 19.3 Å². The highest BCUT2D eigenvalue weighted by Crippen LogP contribution is 2.17. The van der Waals surface area contributed by atoms with Crippen molar-refractivity contribution in [3.8, 4) is 0 Å². The van der Waals surface area contributed by atoms with E-state index in [4.69, 9.17) is 0 Å². The van der Waals surface area contributed by atoms with E-state index >= 15 is 0 Å². The topological polar surface area (TPSA) is 61.9 Å². The number of aromatic nitrogens is 3. The van der Waals surface area contributed by atoms with Crippen LogP contribution in [0.4, 0.5) is 0 Å². The van der Waals surface area contributed by atoms with Gasteiger partial charge in [0.1, 0.15) is 5.82 Å². The fourth-order valence-corrected chi connectivity index (χ4v) is 2.65. The average Bonchev–Trinajstić information content (AvgIpc) is 2.86. The Labute approximate surface area is 112 Å². The lowest BCUT2D eigenvalue weighted by Crippen LogP contribution is -2.36. The van der Waals surface area contributed by atoms with Gasteiger partial charge in [-0.3, -0.25) is 9.89 Å². The van der Waals surface area contributed by atoms with Crippen molar-refractivity contribution in [1.82, 2.24) is 20.1 Å². The summed E-state index contributed by atoms with van der Waals surface area (Å²) in [5.74, 6) is 1.86. The summed E-state index contributed by atoms with van der Waals surface area (Å²) in [5.41, 5.74) is 0. The SMILES string of the molecule is CC(C)c1nc(SCC(=O)N2CCCCC2)n[nH]1. The van der Waals surface area contributed by atoms with Gasteiger partial charge in [-0.15, -0.1) is 5.10 Å². The molecule has 2 rings (SSSR count). The van der Waals surface area contributed by atoms with Crippen LogP contribution in [-0.2, 0) is 4.79 Å².